The molecule has 1 aromatic rings. The van der Waals surface area contributed by atoms with Gasteiger partial charge in [0.2, 0.25) is 0 Å². The van der Waals surface area contributed by atoms with Gasteiger partial charge in [0.25, 0.3) is 6.47 Å². The van der Waals surface area contributed by atoms with Gasteiger partial charge in [-0.25, -0.2) is 0 Å². The zero-order valence-corrected chi connectivity index (χ0v) is 6.28. The highest BCUT2D eigenvalue weighted by Gasteiger charge is 1.92. The fraction of sp³-hybridized carbons (Fsp3) is 0.250. The minimum absolute atomic E-state index is 0.326. The van der Waals surface area contributed by atoms with Crippen molar-refractivity contribution < 1.29 is 9.53 Å². The third-order valence-corrected chi connectivity index (χ3v) is 1.28. The Bertz CT molecular complexity index is 248. The number of rotatable bonds is 3. The molecule has 0 fully saturated rings. The van der Waals surface area contributed by atoms with E-state index < -0.39 is 0 Å². The summed E-state index contributed by atoms with van der Waals surface area (Å²) in [5.41, 5.74) is 1.89. The molecule has 1 aromatic heterocycles. The van der Waals surface area contributed by atoms with Gasteiger partial charge in [0.05, 0.1) is 0 Å². The van der Waals surface area contributed by atoms with Crippen molar-refractivity contribution in [3.8, 4) is 0 Å². The predicted octanol–water partition coefficient (Wildman–Crippen LogP) is 1.06. The predicted molar refractivity (Wildman–Crippen MR) is 39.8 cm³/mol. The lowest BCUT2D eigenvalue weighted by molar-refractivity contribution is -0.129. The average Bonchev–Trinajstić information content (AvgIpc) is 2.01. The Balaban J connectivity index is 2.63. The van der Waals surface area contributed by atoms with Crippen molar-refractivity contribution in [2.24, 2.45) is 0 Å². The van der Waals surface area contributed by atoms with Crippen molar-refractivity contribution in [1.82, 2.24) is 4.98 Å². The molecule has 0 N–H and O–H groups in total. The van der Waals surface area contributed by atoms with E-state index in [0.717, 1.165) is 11.3 Å². The standard InChI is InChI=1S/C8H9NO2/c1-7-4-8(2-3-9-7)5-11-6-10/h2-4,6H,5H2,1H3. The van der Waals surface area contributed by atoms with E-state index in [1.807, 2.05) is 19.1 Å². The molecule has 0 spiro atoms. The summed E-state index contributed by atoms with van der Waals surface area (Å²) in [6.45, 7) is 2.66. The van der Waals surface area contributed by atoms with E-state index in [4.69, 9.17) is 0 Å². The van der Waals surface area contributed by atoms with Gasteiger partial charge in [0.15, 0.2) is 0 Å². The topological polar surface area (TPSA) is 39.2 Å². The van der Waals surface area contributed by atoms with E-state index >= 15 is 0 Å². The maximum atomic E-state index is 9.83. The molecule has 0 bridgehead atoms. The summed E-state index contributed by atoms with van der Waals surface area (Å²) >= 11 is 0. The van der Waals surface area contributed by atoms with Crippen LogP contribution < -0.4 is 0 Å². The summed E-state index contributed by atoms with van der Waals surface area (Å²) in [4.78, 5) is 13.8. The molecule has 0 amide bonds. The van der Waals surface area contributed by atoms with Crippen LogP contribution in [0.1, 0.15) is 11.3 Å². The zero-order chi connectivity index (χ0) is 8.10. The van der Waals surface area contributed by atoms with Gasteiger partial charge in [-0.1, -0.05) is 0 Å². The smallest absolute Gasteiger partial charge is 0.293 e. The van der Waals surface area contributed by atoms with Crippen LogP contribution in [-0.4, -0.2) is 11.5 Å². The fourth-order valence-electron chi connectivity index (χ4n) is 0.824. The molecule has 0 aliphatic carbocycles. The number of aryl methyl sites for hydroxylation is 1. The molecule has 58 valence electrons. The van der Waals surface area contributed by atoms with Crippen LogP contribution in [-0.2, 0) is 16.1 Å². The highest BCUT2D eigenvalue weighted by atomic mass is 16.5. The van der Waals surface area contributed by atoms with Crippen molar-refractivity contribution in [2.45, 2.75) is 13.5 Å². The Hall–Kier alpha value is -1.38. The van der Waals surface area contributed by atoms with Crippen LogP contribution in [0, 0.1) is 6.92 Å². The highest BCUT2D eigenvalue weighted by molar-refractivity contribution is 5.37. The first-order valence-corrected chi connectivity index (χ1v) is 3.29. The first-order valence-electron chi connectivity index (χ1n) is 3.29. The number of hydrogen-bond donors (Lipinski definition) is 0. The molecule has 0 aromatic carbocycles. The zero-order valence-electron chi connectivity index (χ0n) is 6.28. The molecule has 0 radical (unpaired) electrons. The highest BCUT2D eigenvalue weighted by Crippen LogP contribution is 2.01. The van der Waals surface area contributed by atoms with E-state index in [-0.39, 0.29) is 0 Å². The number of pyridine rings is 1. The minimum atomic E-state index is 0.326. The van der Waals surface area contributed by atoms with Crippen molar-refractivity contribution in [2.75, 3.05) is 0 Å². The van der Waals surface area contributed by atoms with Crippen LogP contribution in [0.4, 0.5) is 0 Å². The van der Waals surface area contributed by atoms with Crippen molar-refractivity contribution in [3.05, 3.63) is 29.6 Å². The number of carbonyl (C=O) groups is 1. The quantitative estimate of drug-likeness (QED) is 0.606. The van der Waals surface area contributed by atoms with Crippen LogP contribution >= 0.6 is 0 Å². The largest absolute Gasteiger partial charge is 0.463 e. The van der Waals surface area contributed by atoms with Gasteiger partial charge in [-0.2, -0.15) is 0 Å². The molecule has 3 nitrogen and oxygen atoms in total. The normalized spacial score (nSPS) is 9.18. The van der Waals surface area contributed by atoms with Crippen LogP contribution in [0.2, 0.25) is 0 Å². The maximum absolute atomic E-state index is 9.83. The number of hydrogen-bond acceptors (Lipinski definition) is 3. The SMILES string of the molecule is Cc1cc(COC=O)ccn1. The van der Waals surface area contributed by atoms with Crippen LogP contribution in [0.25, 0.3) is 0 Å². The molecule has 1 heterocycles. The van der Waals surface area contributed by atoms with E-state index in [1.165, 1.54) is 0 Å². The molecular weight excluding hydrogens is 142 g/mol. The summed E-state index contributed by atoms with van der Waals surface area (Å²) in [6.07, 6.45) is 1.69. The lowest BCUT2D eigenvalue weighted by Crippen LogP contribution is -1.91. The van der Waals surface area contributed by atoms with Crippen LogP contribution in [0.3, 0.4) is 0 Å². The minimum Gasteiger partial charge on any atom is -0.463 e. The Morgan fingerprint density at radius 2 is 2.55 bits per heavy atom. The van der Waals surface area contributed by atoms with Gasteiger partial charge < -0.3 is 4.74 Å². The van der Waals surface area contributed by atoms with E-state index in [9.17, 15) is 4.79 Å². The summed E-state index contributed by atoms with van der Waals surface area (Å²) in [5.74, 6) is 0. The number of aromatic nitrogens is 1. The van der Waals surface area contributed by atoms with E-state index in [0.29, 0.717) is 13.1 Å². The van der Waals surface area contributed by atoms with Gasteiger partial charge in [-0.05, 0) is 24.6 Å². The molecule has 0 saturated heterocycles. The summed E-state index contributed by atoms with van der Waals surface area (Å²) in [7, 11) is 0. The second kappa shape index (κ2) is 3.71. The molecule has 0 unspecified atom stereocenters. The molecule has 3 heteroatoms. The van der Waals surface area contributed by atoms with Crippen molar-refractivity contribution >= 4 is 6.47 Å². The van der Waals surface area contributed by atoms with Crippen LogP contribution in [0.5, 0.6) is 0 Å². The molecule has 0 aliphatic rings. The lowest BCUT2D eigenvalue weighted by atomic mass is 10.2. The molecule has 0 atom stereocenters. The van der Waals surface area contributed by atoms with Crippen molar-refractivity contribution in [1.29, 1.82) is 0 Å². The van der Waals surface area contributed by atoms with E-state index in [1.54, 1.807) is 6.20 Å². The first kappa shape index (κ1) is 7.72. The third-order valence-electron chi connectivity index (χ3n) is 1.28. The Kier molecular flexibility index (Phi) is 2.60. The number of carbonyl (C=O) groups excluding carboxylic acids is 1. The maximum Gasteiger partial charge on any atom is 0.293 e. The summed E-state index contributed by atoms with van der Waals surface area (Å²) in [6, 6.07) is 3.69. The lowest BCUT2D eigenvalue weighted by Gasteiger charge is -1.98. The monoisotopic (exact) mass is 151 g/mol. The fourth-order valence-corrected chi connectivity index (χ4v) is 0.824. The Morgan fingerprint density at radius 1 is 1.73 bits per heavy atom. The molecule has 1 rings (SSSR count). The van der Waals surface area contributed by atoms with Gasteiger partial charge in [0.1, 0.15) is 6.61 Å². The van der Waals surface area contributed by atoms with Gasteiger partial charge in [-0.15, -0.1) is 0 Å². The average molecular weight is 151 g/mol. The van der Waals surface area contributed by atoms with Crippen LogP contribution in [0.15, 0.2) is 18.3 Å². The third kappa shape index (κ3) is 2.37. The molecular formula is C8H9NO2. The Labute approximate surface area is 65.0 Å². The molecule has 0 saturated carbocycles. The van der Waals surface area contributed by atoms with Gasteiger partial charge in [0, 0.05) is 11.9 Å². The summed E-state index contributed by atoms with van der Waals surface area (Å²) < 4.78 is 4.57. The molecule has 11 heavy (non-hydrogen) atoms. The summed E-state index contributed by atoms with van der Waals surface area (Å²) in [5, 5.41) is 0. The van der Waals surface area contributed by atoms with Gasteiger partial charge in [-0.3, -0.25) is 9.78 Å². The Morgan fingerprint density at radius 3 is 3.18 bits per heavy atom. The first-order chi connectivity index (χ1) is 5.33. The molecule has 0 aliphatic heterocycles. The number of nitrogens with zero attached hydrogens (tertiary/aromatic N) is 1. The van der Waals surface area contributed by atoms with Gasteiger partial charge >= 0.3 is 0 Å². The van der Waals surface area contributed by atoms with E-state index in [2.05, 4.69) is 9.72 Å². The number of ether oxygens (including phenoxy) is 1. The van der Waals surface area contributed by atoms with Crippen molar-refractivity contribution in [3.63, 3.8) is 0 Å². The second-order valence-electron chi connectivity index (χ2n) is 2.21. The second-order valence-corrected chi connectivity index (χ2v) is 2.21.